The van der Waals surface area contributed by atoms with Crippen LogP contribution in [0.3, 0.4) is 0 Å². The molecule has 0 radical (unpaired) electrons. The summed E-state index contributed by atoms with van der Waals surface area (Å²) in [4.78, 5) is 12.7. The largest absolute Gasteiger partial charge is 0.574 e. The van der Waals surface area contributed by atoms with Crippen LogP contribution in [-0.2, 0) is 11.4 Å². The van der Waals surface area contributed by atoms with Gasteiger partial charge in [-0.15, -0.1) is 13.2 Å². The van der Waals surface area contributed by atoms with E-state index in [0.717, 1.165) is 30.2 Å². The van der Waals surface area contributed by atoms with Gasteiger partial charge < -0.3 is 14.8 Å². The van der Waals surface area contributed by atoms with Gasteiger partial charge in [-0.2, -0.15) is 4.98 Å². The first kappa shape index (κ1) is 21.3. The first-order chi connectivity index (χ1) is 13.4. The molecule has 10 heteroatoms. The second-order valence-corrected chi connectivity index (χ2v) is 5.83. The molecule has 0 aliphatic heterocycles. The standard InChI is InChI=1S/C17H17F3N2O2.CH4N2O/c1-21-14-5-2-4-12(11-8-9-11)13(14)10-23-15-6-3-7-16(22-15)24-17(18,19)20;2-3-1-4/h2-7,11,21H,8-10H2,1H3;1H,2H2,(H,3,4). The highest BCUT2D eigenvalue weighted by Gasteiger charge is 2.32. The van der Waals surface area contributed by atoms with E-state index in [1.54, 1.807) is 5.43 Å². The molecule has 1 heterocycles. The van der Waals surface area contributed by atoms with Gasteiger partial charge in [0.1, 0.15) is 6.61 Å². The number of alkyl halides is 3. The van der Waals surface area contributed by atoms with Gasteiger partial charge in [-0.1, -0.05) is 18.2 Å². The van der Waals surface area contributed by atoms with E-state index >= 15 is 0 Å². The van der Waals surface area contributed by atoms with Gasteiger partial charge in [-0.25, -0.2) is 5.84 Å². The monoisotopic (exact) mass is 398 g/mol. The lowest BCUT2D eigenvalue weighted by molar-refractivity contribution is -0.276. The third-order valence-corrected chi connectivity index (χ3v) is 3.85. The maximum absolute atomic E-state index is 12.3. The van der Waals surface area contributed by atoms with E-state index in [0.29, 0.717) is 12.3 Å². The summed E-state index contributed by atoms with van der Waals surface area (Å²) >= 11 is 0. The van der Waals surface area contributed by atoms with Gasteiger partial charge in [-0.05, 0) is 30.4 Å². The van der Waals surface area contributed by atoms with Gasteiger partial charge in [0.2, 0.25) is 18.2 Å². The Morgan fingerprint density at radius 3 is 2.43 bits per heavy atom. The highest BCUT2D eigenvalue weighted by Crippen LogP contribution is 2.43. The molecular weight excluding hydrogens is 377 g/mol. The zero-order chi connectivity index (χ0) is 20.6. The Kier molecular flexibility index (Phi) is 7.44. The van der Waals surface area contributed by atoms with Crippen LogP contribution in [0.25, 0.3) is 0 Å². The van der Waals surface area contributed by atoms with Crippen LogP contribution in [0, 0.1) is 0 Å². The van der Waals surface area contributed by atoms with E-state index in [1.807, 2.05) is 19.2 Å². The van der Waals surface area contributed by atoms with E-state index in [-0.39, 0.29) is 12.5 Å². The molecule has 1 aliphatic rings. The van der Waals surface area contributed by atoms with Crippen molar-refractivity contribution in [1.82, 2.24) is 10.4 Å². The van der Waals surface area contributed by atoms with Crippen LogP contribution in [0.5, 0.6) is 11.8 Å². The number of nitrogens with zero attached hydrogens (tertiary/aromatic N) is 1. The van der Waals surface area contributed by atoms with Crippen LogP contribution in [0.1, 0.15) is 29.9 Å². The molecule has 1 fully saturated rings. The number of carbonyl (C=O) groups excluding carboxylic acids is 1. The van der Waals surface area contributed by atoms with Crippen molar-refractivity contribution in [2.24, 2.45) is 5.84 Å². The van der Waals surface area contributed by atoms with Crippen molar-refractivity contribution in [2.45, 2.75) is 31.7 Å². The van der Waals surface area contributed by atoms with Crippen molar-refractivity contribution in [2.75, 3.05) is 12.4 Å². The van der Waals surface area contributed by atoms with Crippen molar-refractivity contribution in [1.29, 1.82) is 0 Å². The quantitative estimate of drug-likeness (QED) is 0.287. The molecule has 2 aromatic rings. The molecule has 1 aromatic heterocycles. The Labute approximate surface area is 160 Å². The molecule has 1 saturated carbocycles. The van der Waals surface area contributed by atoms with Gasteiger partial charge in [0.15, 0.2) is 0 Å². The minimum Gasteiger partial charge on any atom is -0.473 e. The zero-order valence-electron chi connectivity index (χ0n) is 15.1. The first-order valence-electron chi connectivity index (χ1n) is 8.43. The minimum atomic E-state index is -4.77. The number of hydrogen-bond donors (Lipinski definition) is 3. The van der Waals surface area contributed by atoms with Crippen molar-refractivity contribution < 1.29 is 27.4 Å². The lowest BCUT2D eigenvalue weighted by Crippen LogP contribution is -2.18. The predicted molar refractivity (Wildman–Crippen MR) is 96.6 cm³/mol. The topological polar surface area (TPSA) is 98.5 Å². The number of hydrogen-bond acceptors (Lipinski definition) is 6. The summed E-state index contributed by atoms with van der Waals surface area (Å²) in [6, 6.07) is 10.0. The number of aromatic nitrogens is 1. The normalized spacial score (nSPS) is 13.0. The number of nitrogens with two attached hydrogens (primary N) is 1. The summed E-state index contributed by atoms with van der Waals surface area (Å²) in [5, 5.41) is 3.12. The predicted octanol–water partition coefficient (Wildman–Crippen LogP) is 3.08. The molecule has 7 nitrogen and oxygen atoms in total. The highest BCUT2D eigenvalue weighted by atomic mass is 19.4. The lowest BCUT2D eigenvalue weighted by Gasteiger charge is -2.15. The van der Waals surface area contributed by atoms with Crippen LogP contribution in [0.15, 0.2) is 36.4 Å². The van der Waals surface area contributed by atoms with Crippen LogP contribution in [0.2, 0.25) is 0 Å². The van der Waals surface area contributed by atoms with E-state index in [1.165, 1.54) is 17.7 Å². The maximum atomic E-state index is 12.3. The minimum absolute atomic E-state index is 0.0874. The first-order valence-corrected chi connectivity index (χ1v) is 8.43. The fraction of sp³-hybridized carbons (Fsp3) is 0.333. The maximum Gasteiger partial charge on any atom is 0.574 e. The summed E-state index contributed by atoms with van der Waals surface area (Å²) in [6.07, 6.45) is -2.08. The summed E-state index contributed by atoms with van der Waals surface area (Å²) < 4.78 is 46.2. The molecule has 4 N–H and O–H groups in total. The van der Waals surface area contributed by atoms with Crippen LogP contribution >= 0.6 is 0 Å². The summed E-state index contributed by atoms with van der Waals surface area (Å²) in [7, 11) is 1.82. The second-order valence-electron chi connectivity index (χ2n) is 5.83. The van der Waals surface area contributed by atoms with E-state index in [4.69, 9.17) is 9.53 Å². The molecule has 0 saturated heterocycles. The number of nitrogens with one attached hydrogen (secondary N) is 2. The highest BCUT2D eigenvalue weighted by molar-refractivity contribution is 5.56. The summed E-state index contributed by atoms with van der Waals surface area (Å²) in [6.45, 7) is 0.227. The van der Waals surface area contributed by atoms with Crippen molar-refractivity contribution in [3.05, 3.63) is 47.5 Å². The van der Waals surface area contributed by atoms with Gasteiger partial charge in [0.05, 0.1) is 0 Å². The number of ether oxygens (including phenoxy) is 2. The smallest absolute Gasteiger partial charge is 0.473 e. The van der Waals surface area contributed by atoms with Crippen molar-refractivity contribution >= 4 is 12.1 Å². The summed E-state index contributed by atoms with van der Waals surface area (Å²) in [5.74, 6) is 4.49. The van der Waals surface area contributed by atoms with Crippen LogP contribution in [-0.4, -0.2) is 24.8 Å². The fourth-order valence-corrected chi connectivity index (χ4v) is 2.57. The van der Waals surface area contributed by atoms with Crippen molar-refractivity contribution in [3.63, 3.8) is 0 Å². The number of amides is 1. The molecule has 0 atom stereocenters. The summed E-state index contributed by atoms with van der Waals surface area (Å²) in [5.41, 5.74) is 4.91. The molecule has 1 amide bonds. The van der Waals surface area contributed by atoms with Crippen molar-refractivity contribution in [3.8, 4) is 11.8 Å². The second kappa shape index (κ2) is 9.79. The van der Waals surface area contributed by atoms with Gasteiger partial charge in [0, 0.05) is 30.4 Å². The van der Waals surface area contributed by atoms with Gasteiger partial charge >= 0.3 is 6.36 Å². The number of halogens is 3. The zero-order valence-corrected chi connectivity index (χ0v) is 15.1. The van der Waals surface area contributed by atoms with Crippen LogP contribution in [0.4, 0.5) is 18.9 Å². The molecule has 0 spiro atoms. The Morgan fingerprint density at radius 1 is 1.21 bits per heavy atom. The number of benzene rings is 1. The number of rotatable bonds is 7. The third-order valence-electron chi connectivity index (χ3n) is 3.85. The van der Waals surface area contributed by atoms with Crippen LogP contribution < -0.4 is 26.1 Å². The number of anilines is 1. The SMILES string of the molecule is CNc1cccc(C2CC2)c1COc1cccc(OC(F)(F)F)n1.NNC=O. The molecule has 1 aromatic carbocycles. The number of carbonyl (C=O) groups is 1. The average Bonchev–Trinajstić information content (AvgIpc) is 3.50. The molecule has 1 aliphatic carbocycles. The van der Waals surface area contributed by atoms with Gasteiger partial charge in [0.25, 0.3) is 0 Å². The Balaban J connectivity index is 0.000000640. The molecular formula is C18H21F3N4O3. The molecule has 152 valence electrons. The molecule has 0 bridgehead atoms. The lowest BCUT2D eigenvalue weighted by atomic mass is 10.0. The Bertz CT molecular complexity index is 783. The fourth-order valence-electron chi connectivity index (χ4n) is 2.57. The molecule has 28 heavy (non-hydrogen) atoms. The number of pyridine rings is 1. The Morgan fingerprint density at radius 2 is 1.86 bits per heavy atom. The van der Waals surface area contributed by atoms with E-state index in [9.17, 15) is 13.2 Å². The average molecular weight is 398 g/mol. The molecule has 0 unspecified atom stereocenters. The third kappa shape index (κ3) is 6.62. The van der Waals surface area contributed by atoms with Gasteiger partial charge in [-0.3, -0.25) is 10.2 Å². The van der Waals surface area contributed by atoms with E-state index < -0.39 is 12.2 Å². The van der Waals surface area contributed by atoms with E-state index in [2.05, 4.69) is 26.9 Å². The molecule has 3 rings (SSSR count). The Hall–Kier alpha value is -3.01. The number of hydrazine groups is 1.